The van der Waals surface area contributed by atoms with Crippen LogP contribution in [0.25, 0.3) is 0 Å². The molecule has 0 spiro atoms. The first kappa shape index (κ1) is 24.4. The number of carboxylic acids is 1. The van der Waals surface area contributed by atoms with E-state index < -0.39 is 30.1 Å². The number of amides is 2. The summed E-state index contributed by atoms with van der Waals surface area (Å²) in [5, 5.41) is 14.7. The Morgan fingerprint density at radius 1 is 0.968 bits per heavy atom. The molecule has 31 heavy (non-hydrogen) atoms. The molecule has 0 aliphatic rings. The zero-order valence-electron chi connectivity index (χ0n) is 17.5. The van der Waals surface area contributed by atoms with Crippen LogP contribution in [-0.4, -0.2) is 35.2 Å². The van der Waals surface area contributed by atoms with Gasteiger partial charge in [0.2, 0.25) is 5.91 Å². The summed E-state index contributed by atoms with van der Waals surface area (Å²) in [6.45, 7) is 3.89. The molecule has 0 bridgehead atoms. The Kier molecular flexibility index (Phi) is 9.52. The lowest BCUT2D eigenvalue weighted by Crippen LogP contribution is -2.52. The number of carbonyl (C=O) groups excluding carboxylic acids is 2. The van der Waals surface area contributed by atoms with E-state index in [-0.39, 0.29) is 18.9 Å². The predicted octanol–water partition coefficient (Wildman–Crippen LogP) is 3.90. The van der Waals surface area contributed by atoms with Gasteiger partial charge >= 0.3 is 12.1 Å². The van der Waals surface area contributed by atoms with Crippen molar-refractivity contribution < 1.29 is 24.2 Å². The summed E-state index contributed by atoms with van der Waals surface area (Å²) < 4.78 is 6.02. The van der Waals surface area contributed by atoms with Crippen LogP contribution in [-0.2, 0) is 27.4 Å². The summed E-state index contributed by atoms with van der Waals surface area (Å²) in [5.74, 6) is -1.62. The molecule has 0 unspecified atom stereocenters. The van der Waals surface area contributed by atoms with Gasteiger partial charge in [-0.3, -0.25) is 4.79 Å². The van der Waals surface area contributed by atoms with Crippen LogP contribution in [0.15, 0.2) is 59.1 Å². The van der Waals surface area contributed by atoms with E-state index >= 15 is 0 Å². The maximum absolute atomic E-state index is 12.8. The Balaban J connectivity index is 2.00. The highest BCUT2D eigenvalue weighted by atomic mass is 79.9. The summed E-state index contributed by atoms with van der Waals surface area (Å²) in [6, 6.07) is 14.4. The first-order valence-corrected chi connectivity index (χ1v) is 10.8. The Bertz CT molecular complexity index is 889. The first-order valence-electron chi connectivity index (χ1n) is 9.99. The van der Waals surface area contributed by atoms with Crippen LogP contribution in [0, 0.1) is 5.92 Å². The smallest absolute Gasteiger partial charge is 0.408 e. The molecule has 7 nitrogen and oxygen atoms in total. The monoisotopic (exact) mass is 490 g/mol. The third kappa shape index (κ3) is 8.80. The van der Waals surface area contributed by atoms with E-state index in [1.54, 1.807) is 18.2 Å². The van der Waals surface area contributed by atoms with Crippen molar-refractivity contribution in [3.63, 3.8) is 0 Å². The van der Waals surface area contributed by atoms with Gasteiger partial charge in [-0.25, -0.2) is 9.59 Å². The number of benzene rings is 2. The second-order valence-electron chi connectivity index (χ2n) is 7.62. The van der Waals surface area contributed by atoms with Gasteiger partial charge in [0.15, 0.2) is 0 Å². The molecule has 2 amide bonds. The number of hydrogen-bond donors (Lipinski definition) is 3. The molecule has 8 heteroatoms. The minimum atomic E-state index is -1.15. The highest BCUT2D eigenvalue weighted by Gasteiger charge is 2.27. The quantitative estimate of drug-likeness (QED) is 0.468. The highest BCUT2D eigenvalue weighted by Crippen LogP contribution is 2.14. The lowest BCUT2D eigenvalue weighted by Gasteiger charge is -2.22. The zero-order valence-corrected chi connectivity index (χ0v) is 19.1. The van der Waals surface area contributed by atoms with E-state index in [0.717, 1.165) is 15.6 Å². The van der Waals surface area contributed by atoms with E-state index in [1.165, 1.54) is 0 Å². The summed E-state index contributed by atoms with van der Waals surface area (Å²) in [6.07, 6.45) is -0.272. The van der Waals surface area contributed by atoms with Crippen molar-refractivity contribution in [2.24, 2.45) is 5.92 Å². The largest absolute Gasteiger partial charge is 0.480 e. The lowest BCUT2D eigenvalue weighted by atomic mass is 10.0. The fourth-order valence-electron chi connectivity index (χ4n) is 2.98. The van der Waals surface area contributed by atoms with E-state index in [4.69, 9.17) is 4.74 Å². The Morgan fingerprint density at radius 2 is 1.65 bits per heavy atom. The van der Waals surface area contributed by atoms with Gasteiger partial charge in [0, 0.05) is 10.9 Å². The fourth-order valence-corrected chi connectivity index (χ4v) is 3.43. The molecule has 0 radical (unpaired) electrons. The number of rotatable bonds is 10. The normalized spacial score (nSPS) is 12.6. The Hall–Kier alpha value is -2.87. The molecule has 3 N–H and O–H groups in total. The van der Waals surface area contributed by atoms with Crippen LogP contribution >= 0.6 is 15.9 Å². The summed E-state index contributed by atoms with van der Waals surface area (Å²) in [4.78, 5) is 36.7. The van der Waals surface area contributed by atoms with Gasteiger partial charge < -0.3 is 20.5 Å². The molecular weight excluding hydrogens is 464 g/mol. The van der Waals surface area contributed by atoms with Crippen molar-refractivity contribution in [3.8, 4) is 0 Å². The molecule has 0 heterocycles. The maximum atomic E-state index is 12.8. The summed E-state index contributed by atoms with van der Waals surface area (Å²) in [5.41, 5.74) is 1.58. The van der Waals surface area contributed by atoms with Gasteiger partial charge in [-0.05, 0) is 35.6 Å². The third-order valence-electron chi connectivity index (χ3n) is 4.47. The SMILES string of the molecule is CC(C)C[C@H](NC(=O)OCc1ccccc1)C(=O)N[C@H](Cc1cccc(Br)c1)C(=O)O. The van der Waals surface area contributed by atoms with Gasteiger partial charge in [-0.1, -0.05) is 72.2 Å². The number of carbonyl (C=O) groups is 3. The number of hydrogen-bond acceptors (Lipinski definition) is 4. The zero-order chi connectivity index (χ0) is 22.8. The number of nitrogens with one attached hydrogen (secondary N) is 2. The molecule has 0 fully saturated rings. The van der Waals surface area contributed by atoms with Crippen molar-refractivity contribution in [3.05, 3.63) is 70.2 Å². The van der Waals surface area contributed by atoms with Gasteiger partial charge in [0.05, 0.1) is 0 Å². The molecule has 2 aromatic carbocycles. The minimum Gasteiger partial charge on any atom is -0.480 e. The minimum absolute atomic E-state index is 0.0727. The van der Waals surface area contributed by atoms with Crippen molar-refractivity contribution >= 4 is 33.9 Å². The lowest BCUT2D eigenvalue weighted by molar-refractivity contribution is -0.142. The molecule has 2 aromatic rings. The van der Waals surface area contributed by atoms with Crippen molar-refractivity contribution in [1.29, 1.82) is 0 Å². The molecule has 0 saturated heterocycles. The molecular formula is C23H27BrN2O5. The van der Waals surface area contributed by atoms with E-state index in [9.17, 15) is 19.5 Å². The van der Waals surface area contributed by atoms with Gasteiger partial charge in [-0.15, -0.1) is 0 Å². The van der Waals surface area contributed by atoms with Crippen LogP contribution in [0.5, 0.6) is 0 Å². The average Bonchev–Trinajstić information content (AvgIpc) is 2.71. The van der Waals surface area contributed by atoms with Gasteiger partial charge in [0.1, 0.15) is 18.7 Å². The molecule has 0 aliphatic carbocycles. The van der Waals surface area contributed by atoms with Crippen molar-refractivity contribution in [1.82, 2.24) is 10.6 Å². The predicted molar refractivity (Wildman–Crippen MR) is 120 cm³/mol. The van der Waals surface area contributed by atoms with Crippen molar-refractivity contribution in [2.75, 3.05) is 0 Å². The fraction of sp³-hybridized carbons (Fsp3) is 0.348. The van der Waals surface area contributed by atoms with Crippen LogP contribution in [0.3, 0.4) is 0 Å². The molecule has 2 atom stereocenters. The Labute approximate surface area is 190 Å². The third-order valence-corrected chi connectivity index (χ3v) is 4.97. The molecule has 2 rings (SSSR count). The number of aliphatic carboxylic acids is 1. The van der Waals surface area contributed by atoms with E-state index in [2.05, 4.69) is 26.6 Å². The highest BCUT2D eigenvalue weighted by molar-refractivity contribution is 9.10. The number of alkyl carbamates (subject to hydrolysis) is 1. The van der Waals surface area contributed by atoms with Gasteiger partial charge in [0.25, 0.3) is 0 Å². The van der Waals surface area contributed by atoms with Crippen LogP contribution in [0.4, 0.5) is 4.79 Å². The van der Waals surface area contributed by atoms with Gasteiger partial charge in [-0.2, -0.15) is 0 Å². The number of halogens is 1. The Morgan fingerprint density at radius 3 is 2.26 bits per heavy atom. The van der Waals surface area contributed by atoms with E-state index in [1.807, 2.05) is 50.2 Å². The number of ether oxygens (including phenoxy) is 1. The average molecular weight is 491 g/mol. The topological polar surface area (TPSA) is 105 Å². The molecule has 0 aromatic heterocycles. The molecule has 166 valence electrons. The maximum Gasteiger partial charge on any atom is 0.408 e. The molecule has 0 saturated carbocycles. The van der Waals surface area contributed by atoms with Crippen LogP contribution in [0.2, 0.25) is 0 Å². The summed E-state index contributed by atoms with van der Waals surface area (Å²) in [7, 11) is 0. The molecule has 0 aliphatic heterocycles. The van der Waals surface area contributed by atoms with Crippen molar-refractivity contribution in [2.45, 2.75) is 45.4 Å². The standard InChI is InChI=1S/C23H27BrN2O5/c1-15(2)11-19(26-23(30)31-14-16-7-4-3-5-8-16)21(27)25-20(22(28)29)13-17-9-6-10-18(24)12-17/h3-10,12,15,19-20H,11,13-14H2,1-2H3,(H,25,27)(H,26,30)(H,28,29)/t19-,20+/m0/s1. The van der Waals surface area contributed by atoms with Crippen LogP contribution in [0.1, 0.15) is 31.4 Å². The summed E-state index contributed by atoms with van der Waals surface area (Å²) >= 11 is 3.35. The second kappa shape index (κ2) is 12.1. The number of carboxylic acid groups (broad SMARTS) is 1. The van der Waals surface area contributed by atoms with E-state index in [0.29, 0.717) is 6.42 Å². The second-order valence-corrected chi connectivity index (χ2v) is 8.54. The first-order chi connectivity index (χ1) is 14.7. The van der Waals surface area contributed by atoms with Crippen LogP contribution < -0.4 is 10.6 Å².